The van der Waals surface area contributed by atoms with Gasteiger partial charge in [-0.15, -0.1) is 0 Å². The molecule has 8 heteroatoms. The van der Waals surface area contributed by atoms with E-state index in [2.05, 4.69) is 11.1 Å². The summed E-state index contributed by atoms with van der Waals surface area (Å²) < 4.78 is 13.6. The Labute approximate surface area is 242 Å². The minimum Gasteiger partial charge on any atom is -0.336 e. The molecular weight excluding hydrogens is 539 g/mol. The van der Waals surface area contributed by atoms with Crippen molar-refractivity contribution in [2.24, 2.45) is 19.8 Å². The number of rotatable bonds is 5. The van der Waals surface area contributed by atoms with Gasteiger partial charge in [-0.1, -0.05) is 78.5 Å². The second-order valence-electron chi connectivity index (χ2n) is 9.20. The first-order valence-corrected chi connectivity index (χ1v) is 15.5. The van der Waals surface area contributed by atoms with Crippen LogP contribution in [-0.2, 0) is 24.2 Å². The standard InChI is InChI=1S/C27H23ClN4O.C3H8OP.C2H6/c1-31-17-30-16-25(31)27(29,19-8-11-21(28)12-9-19)20-10-13-24-23(14-20)22(15-26(33)32(24)2)18-6-4-3-5-7-18;1-3-5(2)4;1-2/h3-17H,29H2,1-2H3;3H2,1-2H3;1-2H3/q;+1;. The van der Waals surface area contributed by atoms with Crippen LogP contribution >= 0.6 is 19.4 Å². The Bertz CT molecular complexity index is 1650. The van der Waals surface area contributed by atoms with Gasteiger partial charge in [0.15, 0.2) is 0 Å². The molecule has 0 aliphatic rings. The largest absolute Gasteiger partial charge is 0.336 e. The van der Waals surface area contributed by atoms with Crippen LogP contribution in [0, 0.1) is 0 Å². The Balaban J connectivity index is 0.000000570. The lowest BCUT2D eigenvalue weighted by Gasteiger charge is -2.31. The summed E-state index contributed by atoms with van der Waals surface area (Å²) in [6.45, 7) is 7.65. The smallest absolute Gasteiger partial charge is 0.335 e. The number of nitrogens with zero attached hydrogens (tertiary/aromatic N) is 3. The molecule has 0 saturated heterocycles. The molecule has 5 aromatic rings. The van der Waals surface area contributed by atoms with Crippen molar-refractivity contribution in [1.82, 2.24) is 14.1 Å². The van der Waals surface area contributed by atoms with Gasteiger partial charge in [0.2, 0.25) is 0 Å². The van der Waals surface area contributed by atoms with Crippen molar-refractivity contribution < 1.29 is 4.57 Å². The van der Waals surface area contributed by atoms with Gasteiger partial charge in [-0.3, -0.25) is 4.79 Å². The number of hydrogen-bond acceptors (Lipinski definition) is 4. The zero-order valence-corrected chi connectivity index (χ0v) is 25.6. The second kappa shape index (κ2) is 13.7. The quantitative estimate of drug-likeness (QED) is 0.222. The molecule has 6 nitrogen and oxygen atoms in total. The number of fused-ring (bicyclic) bond motifs is 1. The first kappa shape index (κ1) is 31.0. The van der Waals surface area contributed by atoms with Gasteiger partial charge in [0, 0.05) is 30.6 Å². The number of aromatic nitrogens is 3. The summed E-state index contributed by atoms with van der Waals surface area (Å²) in [5.74, 6) is 0. The van der Waals surface area contributed by atoms with Crippen LogP contribution in [0.1, 0.15) is 37.6 Å². The first-order valence-electron chi connectivity index (χ1n) is 13.3. The highest BCUT2D eigenvalue weighted by atomic mass is 35.5. The van der Waals surface area contributed by atoms with Gasteiger partial charge in [-0.25, -0.2) is 4.98 Å². The zero-order chi connectivity index (χ0) is 29.4. The molecule has 0 fully saturated rings. The summed E-state index contributed by atoms with van der Waals surface area (Å²) >= 11 is 6.17. The number of aryl methyl sites for hydroxylation is 2. The van der Waals surface area contributed by atoms with Gasteiger partial charge in [0.05, 0.1) is 23.7 Å². The monoisotopic (exact) mass is 575 g/mol. The Kier molecular flexibility index (Phi) is 10.6. The molecule has 0 aliphatic heterocycles. The molecule has 0 radical (unpaired) electrons. The molecule has 5 rings (SSSR count). The van der Waals surface area contributed by atoms with E-state index in [9.17, 15) is 9.36 Å². The summed E-state index contributed by atoms with van der Waals surface area (Å²) in [5, 5.41) is 1.60. The van der Waals surface area contributed by atoms with Gasteiger partial charge in [-0.05, 0) is 53.4 Å². The fourth-order valence-corrected chi connectivity index (χ4v) is 4.60. The maximum Gasteiger partial charge on any atom is 0.335 e. The van der Waals surface area contributed by atoms with Crippen LogP contribution in [0.5, 0.6) is 0 Å². The lowest BCUT2D eigenvalue weighted by molar-refractivity contribution is 0.592. The summed E-state index contributed by atoms with van der Waals surface area (Å²) in [7, 11) is 2.87. The number of pyridine rings is 1. The highest BCUT2D eigenvalue weighted by molar-refractivity contribution is 7.43. The SMILES string of the molecule is CC.CC[P+](C)=O.Cn1cncc1C(N)(c1ccc(Cl)cc1)c1ccc2c(c1)c(-c1ccccc1)cc(=O)n2C. The third kappa shape index (κ3) is 6.42. The second-order valence-corrected chi connectivity index (χ2v) is 11.5. The predicted octanol–water partition coefficient (Wildman–Crippen LogP) is 7.33. The van der Waals surface area contributed by atoms with Crippen LogP contribution in [0.25, 0.3) is 22.0 Å². The summed E-state index contributed by atoms with van der Waals surface area (Å²) in [6.07, 6.45) is 4.35. The molecule has 0 spiro atoms. The topological polar surface area (TPSA) is 82.9 Å². The molecule has 2 heterocycles. The average molecular weight is 576 g/mol. The molecule has 3 aromatic carbocycles. The van der Waals surface area contributed by atoms with Crippen molar-refractivity contribution in [3.05, 3.63) is 124 Å². The number of halogens is 1. The molecule has 2 aromatic heterocycles. The molecule has 0 bridgehead atoms. The van der Waals surface area contributed by atoms with E-state index in [1.807, 2.05) is 99.1 Å². The number of imidazole rings is 1. The molecule has 2 N–H and O–H groups in total. The maximum absolute atomic E-state index is 12.7. The third-order valence-corrected chi connectivity index (χ3v) is 7.89. The molecule has 0 aliphatic carbocycles. The normalized spacial score (nSPS) is 12.4. The van der Waals surface area contributed by atoms with E-state index < -0.39 is 13.3 Å². The number of hydrogen-bond donors (Lipinski definition) is 1. The van der Waals surface area contributed by atoms with Gasteiger partial charge >= 0.3 is 7.80 Å². The van der Waals surface area contributed by atoms with E-state index in [1.165, 1.54) is 0 Å². The maximum atomic E-state index is 12.7. The van der Waals surface area contributed by atoms with Crippen molar-refractivity contribution in [3.8, 4) is 11.1 Å². The molecular formula is C32H37ClN4O2P+. The van der Waals surface area contributed by atoms with E-state index in [-0.39, 0.29) is 5.56 Å². The minimum atomic E-state index is -0.979. The molecule has 40 heavy (non-hydrogen) atoms. The van der Waals surface area contributed by atoms with Crippen molar-refractivity contribution in [2.75, 3.05) is 12.8 Å². The van der Waals surface area contributed by atoms with Gasteiger partial charge in [0.25, 0.3) is 5.56 Å². The molecule has 208 valence electrons. The van der Waals surface area contributed by atoms with Crippen LogP contribution in [0.15, 0.2) is 96.2 Å². The van der Waals surface area contributed by atoms with Gasteiger partial charge in [-0.2, -0.15) is 0 Å². The van der Waals surface area contributed by atoms with Crippen molar-refractivity contribution in [1.29, 1.82) is 0 Å². The Morgan fingerprint density at radius 2 is 1.55 bits per heavy atom. The molecule has 2 unspecified atom stereocenters. The lowest BCUT2D eigenvalue weighted by atomic mass is 9.80. The predicted molar refractivity (Wildman–Crippen MR) is 169 cm³/mol. The van der Waals surface area contributed by atoms with E-state index in [0.717, 1.165) is 45.0 Å². The van der Waals surface area contributed by atoms with E-state index in [4.69, 9.17) is 17.3 Å². The van der Waals surface area contributed by atoms with Crippen molar-refractivity contribution in [2.45, 2.75) is 26.3 Å². The van der Waals surface area contributed by atoms with Gasteiger partial charge in [0.1, 0.15) is 18.4 Å². The molecule has 0 amide bonds. The highest BCUT2D eigenvalue weighted by Crippen LogP contribution is 2.37. The Hall–Kier alpha value is -3.57. The molecule has 2 atom stereocenters. The average Bonchev–Trinajstić information content (AvgIpc) is 3.42. The Morgan fingerprint density at radius 1 is 0.950 bits per heavy atom. The van der Waals surface area contributed by atoms with Crippen LogP contribution < -0.4 is 11.3 Å². The first-order chi connectivity index (χ1) is 19.2. The van der Waals surface area contributed by atoms with Crippen LogP contribution in [0.3, 0.4) is 0 Å². The van der Waals surface area contributed by atoms with Crippen LogP contribution in [0.2, 0.25) is 5.02 Å². The summed E-state index contributed by atoms with van der Waals surface area (Å²) in [6, 6.07) is 25.2. The van der Waals surface area contributed by atoms with Crippen molar-refractivity contribution in [3.63, 3.8) is 0 Å². The minimum absolute atomic E-state index is 0.0579. The van der Waals surface area contributed by atoms with E-state index in [1.54, 1.807) is 36.9 Å². The summed E-state index contributed by atoms with van der Waals surface area (Å²) in [5.41, 5.74) is 11.5. The number of benzene rings is 3. The van der Waals surface area contributed by atoms with Crippen LogP contribution in [0.4, 0.5) is 0 Å². The van der Waals surface area contributed by atoms with E-state index in [0.29, 0.717) is 5.02 Å². The number of nitrogens with two attached hydrogens (primary N) is 1. The Morgan fingerprint density at radius 3 is 2.10 bits per heavy atom. The molecule has 0 saturated carbocycles. The fourth-order valence-electron chi connectivity index (χ4n) is 4.48. The van der Waals surface area contributed by atoms with Gasteiger partial charge < -0.3 is 14.9 Å². The van der Waals surface area contributed by atoms with E-state index >= 15 is 0 Å². The third-order valence-electron chi connectivity index (χ3n) is 6.75. The fraction of sp³-hybridized carbons (Fsp3) is 0.250. The lowest BCUT2D eigenvalue weighted by Crippen LogP contribution is -2.41. The van der Waals surface area contributed by atoms with Crippen LogP contribution in [-0.4, -0.2) is 26.9 Å². The van der Waals surface area contributed by atoms with Crippen molar-refractivity contribution >= 4 is 30.3 Å². The zero-order valence-electron chi connectivity index (χ0n) is 23.9. The summed E-state index contributed by atoms with van der Waals surface area (Å²) in [4.78, 5) is 17.0. The highest BCUT2D eigenvalue weighted by Gasteiger charge is 2.35.